The molecule has 8 heteroatoms. The number of piperazine rings is 1. The maximum Gasteiger partial charge on any atom is 0.193 e. The van der Waals surface area contributed by atoms with E-state index in [2.05, 4.69) is 54.7 Å². The average Bonchev–Trinajstić information content (AvgIpc) is 3.37. The monoisotopic (exact) mass is 443 g/mol. The molecular weight excluding hydrogens is 410 g/mol. The van der Waals surface area contributed by atoms with Crippen molar-refractivity contribution < 1.29 is 9.47 Å². The van der Waals surface area contributed by atoms with E-state index in [-0.39, 0.29) is 0 Å². The number of guanidine groups is 1. The number of anilines is 1. The number of benzene rings is 1. The van der Waals surface area contributed by atoms with Crippen LogP contribution in [-0.2, 0) is 4.74 Å². The second-order valence-corrected chi connectivity index (χ2v) is 8.73. The standard InChI is InChI=1S/C23H33N5O2S/c1-24-23(25-18-20(22-8-5-17-31-22)27-13-15-30-16-14-27)28-11-9-26(10-12-28)19-6-3-4-7-21(19)29-2/h3-8,17,20H,9-16,18H2,1-2H3,(H,24,25). The fourth-order valence-electron chi connectivity index (χ4n) is 4.35. The van der Waals surface area contributed by atoms with Gasteiger partial charge >= 0.3 is 0 Å². The Kier molecular flexibility index (Phi) is 7.66. The van der Waals surface area contributed by atoms with Crippen LogP contribution < -0.4 is 15.0 Å². The van der Waals surface area contributed by atoms with E-state index in [1.807, 2.05) is 30.5 Å². The summed E-state index contributed by atoms with van der Waals surface area (Å²) in [6.07, 6.45) is 0. The number of ether oxygens (including phenoxy) is 2. The van der Waals surface area contributed by atoms with Crippen molar-refractivity contribution in [1.82, 2.24) is 15.1 Å². The largest absolute Gasteiger partial charge is 0.495 e. The third-order valence-corrected chi connectivity index (χ3v) is 7.00. The number of para-hydroxylation sites is 2. The second kappa shape index (κ2) is 10.8. The summed E-state index contributed by atoms with van der Waals surface area (Å²) in [5, 5.41) is 5.82. The van der Waals surface area contributed by atoms with Gasteiger partial charge in [-0.3, -0.25) is 9.89 Å². The van der Waals surface area contributed by atoms with E-state index in [4.69, 9.17) is 9.47 Å². The quantitative estimate of drug-likeness (QED) is 0.547. The Morgan fingerprint density at radius 2 is 1.87 bits per heavy atom. The van der Waals surface area contributed by atoms with Crippen LogP contribution in [0.4, 0.5) is 5.69 Å². The van der Waals surface area contributed by atoms with Crippen LogP contribution in [0.2, 0.25) is 0 Å². The van der Waals surface area contributed by atoms with Crippen LogP contribution in [0.25, 0.3) is 0 Å². The van der Waals surface area contributed by atoms with Crippen LogP contribution in [0.15, 0.2) is 46.8 Å². The summed E-state index contributed by atoms with van der Waals surface area (Å²) in [6.45, 7) is 8.15. The molecule has 0 aliphatic carbocycles. The first-order valence-corrected chi connectivity index (χ1v) is 11.9. The van der Waals surface area contributed by atoms with E-state index in [0.29, 0.717) is 6.04 Å². The SMILES string of the molecule is CN=C(NCC(c1cccs1)N1CCOCC1)N1CCN(c2ccccc2OC)CC1. The second-order valence-electron chi connectivity index (χ2n) is 7.75. The average molecular weight is 444 g/mol. The van der Waals surface area contributed by atoms with Gasteiger partial charge in [0.1, 0.15) is 5.75 Å². The summed E-state index contributed by atoms with van der Waals surface area (Å²) < 4.78 is 11.1. The molecule has 168 valence electrons. The lowest BCUT2D eigenvalue weighted by Gasteiger charge is -2.39. The molecule has 0 bridgehead atoms. The van der Waals surface area contributed by atoms with Crippen LogP contribution >= 0.6 is 11.3 Å². The minimum absolute atomic E-state index is 0.343. The van der Waals surface area contributed by atoms with Gasteiger partial charge in [0.15, 0.2) is 5.96 Å². The van der Waals surface area contributed by atoms with Crippen LogP contribution in [0.1, 0.15) is 10.9 Å². The molecule has 2 aliphatic heterocycles. The molecule has 3 heterocycles. The zero-order valence-corrected chi connectivity index (χ0v) is 19.3. The fraction of sp³-hybridized carbons (Fsp3) is 0.522. The molecule has 1 aromatic heterocycles. The number of methoxy groups -OCH3 is 1. The van der Waals surface area contributed by atoms with Crippen LogP contribution in [0.3, 0.4) is 0 Å². The van der Waals surface area contributed by atoms with Gasteiger partial charge in [-0.2, -0.15) is 0 Å². The van der Waals surface area contributed by atoms with E-state index in [9.17, 15) is 0 Å². The highest BCUT2D eigenvalue weighted by atomic mass is 32.1. The predicted molar refractivity (Wildman–Crippen MR) is 128 cm³/mol. The molecule has 0 spiro atoms. The predicted octanol–water partition coefficient (Wildman–Crippen LogP) is 2.53. The van der Waals surface area contributed by atoms with E-state index in [1.54, 1.807) is 7.11 Å². The first-order valence-electron chi connectivity index (χ1n) is 11.0. The molecule has 0 amide bonds. The van der Waals surface area contributed by atoms with Crippen molar-refractivity contribution in [3.63, 3.8) is 0 Å². The van der Waals surface area contributed by atoms with Crippen molar-refractivity contribution in [2.75, 3.05) is 78.1 Å². The highest BCUT2D eigenvalue weighted by Gasteiger charge is 2.26. The van der Waals surface area contributed by atoms with E-state index < -0.39 is 0 Å². The Morgan fingerprint density at radius 3 is 2.55 bits per heavy atom. The van der Waals surface area contributed by atoms with Crippen molar-refractivity contribution in [3.05, 3.63) is 46.7 Å². The highest BCUT2D eigenvalue weighted by Crippen LogP contribution is 2.28. The van der Waals surface area contributed by atoms with Gasteiger partial charge in [0.25, 0.3) is 0 Å². The molecule has 0 radical (unpaired) electrons. The molecule has 7 nitrogen and oxygen atoms in total. The lowest BCUT2D eigenvalue weighted by atomic mass is 10.2. The van der Waals surface area contributed by atoms with Gasteiger partial charge in [-0.1, -0.05) is 18.2 Å². The molecule has 0 saturated carbocycles. The number of aliphatic imine (C=N–C) groups is 1. The fourth-order valence-corrected chi connectivity index (χ4v) is 5.21. The summed E-state index contributed by atoms with van der Waals surface area (Å²) in [4.78, 5) is 13.3. The van der Waals surface area contributed by atoms with Crippen LogP contribution in [-0.4, -0.2) is 88.9 Å². The van der Waals surface area contributed by atoms with E-state index in [1.165, 1.54) is 4.88 Å². The number of rotatable bonds is 6. The Hall–Kier alpha value is -2.29. The van der Waals surface area contributed by atoms with Crippen molar-refractivity contribution >= 4 is 23.0 Å². The summed E-state index contributed by atoms with van der Waals surface area (Å²) in [7, 11) is 3.61. The van der Waals surface area contributed by atoms with Gasteiger partial charge in [0, 0.05) is 57.7 Å². The molecular formula is C23H33N5O2S. The summed E-state index contributed by atoms with van der Waals surface area (Å²) >= 11 is 1.83. The number of hydrogen-bond donors (Lipinski definition) is 1. The smallest absolute Gasteiger partial charge is 0.193 e. The maximum atomic E-state index is 5.57. The van der Waals surface area contributed by atoms with Crippen molar-refractivity contribution in [2.24, 2.45) is 4.99 Å². The topological polar surface area (TPSA) is 52.6 Å². The molecule has 2 fully saturated rings. The Morgan fingerprint density at radius 1 is 1.10 bits per heavy atom. The molecule has 2 saturated heterocycles. The number of nitrogens with zero attached hydrogens (tertiary/aromatic N) is 4. The van der Waals surface area contributed by atoms with E-state index in [0.717, 1.165) is 76.4 Å². The lowest BCUT2D eigenvalue weighted by Crippen LogP contribution is -2.54. The Bertz CT molecular complexity index is 830. The van der Waals surface area contributed by atoms with Gasteiger partial charge in [0.2, 0.25) is 0 Å². The highest BCUT2D eigenvalue weighted by molar-refractivity contribution is 7.10. The molecule has 2 aliphatic rings. The zero-order valence-electron chi connectivity index (χ0n) is 18.5. The minimum Gasteiger partial charge on any atom is -0.495 e. The number of nitrogens with one attached hydrogen (secondary N) is 1. The molecule has 1 N–H and O–H groups in total. The number of hydrogen-bond acceptors (Lipinski definition) is 6. The van der Waals surface area contributed by atoms with Gasteiger partial charge in [-0.05, 0) is 23.6 Å². The molecule has 31 heavy (non-hydrogen) atoms. The molecule has 1 atom stereocenters. The van der Waals surface area contributed by atoms with Gasteiger partial charge < -0.3 is 24.6 Å². The summed E-state index contributed by atoms with van der Waals surface area (Å²) in [5.41, 5.74) is 1.16. The van der Waals surface area contributed by atoms with E-state index >= 15 is 0 Å². The number of thiophene rings is 1. The van der Waals surface area contributed by atoms with Gasteiger partial charge in [0.05, 0.1) is 32.1 Å². The Labute approximate surface area is 189 Å². The van der Waals surface area contributed by atoms with Gasteiger partial charge in [-0.25, -0.2) is 0 Å². The maximum absolute atomic E-state index is 5.57. The third kappa shape index (κ3) is 5.31. The zero-order chi connectivity index (χ0) is 21.5. The Balaban J connectivity index is 1.36. The van der Waals surface area contributed by atoms with Crippen molar-refractivity contribution in [2.45, 2.75) is 6.04 Å². The minimum atomic E-state index is 0.343. The molecule has 4 rings (SSSR count). The third-order valence-electron chi connectivity index (χ3n) is 6.03. The summed E-state index contributed by atoms with van der Waals surface area (Å²) in [6, 6.07) is 13.0. The molecule has 1 aromatic carbocycles. The molecule has 2 aromatic rings. The van der Waals surface area contributed by atoms with Crippen LogP contribution in [0, 0.1) is 0 Å². The normalized spacial score (nSPS) is 19.4. The van der Waals surface area contributed by atoms with Crippen molar-refractivity contribution in [3.8, 4) is 5.75 Å². The van der Waals surface area contributed by atoms with Crippen molar-refractivity contribution in [1.29, 1.82) is 0 Å². The number of morpholine rings is 1. The first-order chi connectivity index (χ1) is 15.3. The molecule has 1 unspecified atom stereocenters. The lowest BCUT2D eigenvalue weighted by molar-refractivity contribution is 0.0176. The summed E-state index contributed by atoms with van der Waals surface area (Å²) in [5.74, 6) is 1.91. The first kappa shape index (κ1) is 21.9. The van der Waals surface area contributed by atoms with Crippen LogP contribution in [0.5, 0.6) is 5.75 Å². The van der Waals surface area contributed by atoms with Gasteiger partial charge in [-0.15, -0.1) is 11.3 Å².